The second-order valence-electron chi connectivity index (χ2n) is 5.69. The third kappa shape index (κ3) is 4.38. The van der Waals surface area contributed by atoms with Crippen LogP contribution in [0.4, 0.5) is 0 Å². The summed E-state index contributed by atoms with van der Waals surface area (Å²) in [4.78, 5) is 12.6. The molecule has 3 nitrogen and oxygen atoms in total. The molecular formula is C21H14BrClO3S. The normalized spacial score (nSPS) is 12.0. The number of rotatable bonds is 5. The number of halogens is 2. The molecule has 3 aromatic carbocycles. The lowest BCUT2D eigenvalue weighted by molar-refractivity contribution is 0.104. The predicted octanol–water partition coefficient (Wildman–Crippen LogP) is 5.80. The average molecular weight is 462 g/mol. The molecule has 0 spiro atoms. The van der Waals surface area contributed by atoms with Crippen LogP contribution in [0, 0.1) is 0 Å². The first-order valence-electron chi connectivity index (χ1n) is 7.96. The molecular weight excluding hydrogens is 448 g/mol. The molecule has 0 radical (unpaired) electrons. The van der Waals surface area contributed by atoms with E-state index in [-0.39, 0.29) is 20.4 Å². The summed E-state index contributed by atoms with van der Waals surface area (Å²) in [6.07, 6.45) is 1.38. The van der Waals surface area contributed by atoms with Gasteiger partial charge in [0, 0.05) is 10.0 Å². The van der Waals surface area contributed by atoms with E-state index in [4.69, 9.17) is 11.6 Å². The van der Waals surface area contributed by atoms with Gasteiger partial charge < -0.3 is 0 Å². The Morgan fingerprint density at radius 2 is 1.44 bits per heavy atom. The van der Waals surface area contributed by atoms with Crippen molar-refractivity contribution in [3.63, 3.8) is 0 Å². The highest BCUT2D eigenvalue weighted by molar-refractivity contribution is 9.10. The average Bonchev–Trinajstić information content (AvgIpc) is 2.68. The second-order valence-corrected chi connectivity index (χ2v) is 8.90. The largest absolute Gasteiger partial charge is 0.288 e. The number of ketones is 1. The topological polar surface area (TPSA) is 51.2 Å². The minimum atomic E-state index is -4.12. The maximum atomic E-state index is 13.3. The third-order valence-corrected chi connectivity index (χ3v) is 6.63. The van der Waals surface area contributed by atoms with E-state index < -0.39 is 15.6 Å². The number of sulfone groups is 1. The van der Waals surface area contributed by atoms with Crippen LogP contribution in [0.1, 0.15) is 15.9 Å². The molecule has 0 amide bonds. The van der Waals surface area contributed by atoms with Gasteiger partial charge in [-0.15, -0.1) is 0 Å². The zero-order chi connectivity index (χ0) is 19.4. The van der Waals surface area contributed by atoms with Gasteiger partial charge in [0.15, 0.2) is 0 Å². The first-order chi connectivity index (χ1) is 12.9. The van der Waals surface area contributed by atoms with Gasteiger partial charge in [0.25, 0.3) is 0 Å². The van der Waals surface area contributed by atoms with Crippen LogP contribution in [0.2, 0.25) is 5.02 Å². The van der Waals surface area contributed by atoms with Gasteiger partial charge in [0.05, 0.1) is 9.92 Å². The molecule has 136 valence electrons. The minimum absolute atomic E-state index is 0.0695. The van der Waals surface area contributed by atoms with E-state index in [1.165, 1.54) is 18.2 Å². The Morgan fingerprint density at radius 1 is 0.852 bits per heavy atom. The van der Waals surface area contributed by atoms with Gasteiger partial charge in [0.1, 0.15) is 4.91 Å². The Labute approximate surface area is 171 Å². The molecule has 0 N–H and O–H groups in total. The van der Waals surface area contributed by atoms with Crippen molar-refractivity contribution in [3.05, 3.63) is 104 Å². The van der Waals surface area contributed by atoms with Crippen LogP contribution in [0.25, 0.3) is 6.08 Å². The minimum Gasteiger partial charge on any atom is -0.288 e. The molecule has 0 unspecified atom stereocenters. The lowest BCUT2D eigenvalue weighted by Crippen LogP contribution is -2.15. The Hall–Kier alpha value is -2.21. The number of carbonyl (C=O) groups excluding carboxylic acids is 1. The molecule has 0 aliphatic carbocycles. The molecule has 0 aliphatic heterocycles. The molecule has 0 aliphatic rings. The number of allylic oxidation sites excluding steroid dienone is 1. The van der Waals surface area contributed by atoms with Gasteiger partial charge >= 0.3 is 0 Å². The van der Waals surface area contributed by atoms with Crippen molar-refractivity contribution < 1.29 is 13.2 Å². The molecule has 0 saturated heterocycles. The molecule has 6 heteroatoms. The van der Waals surface area contributed by atoms with E-state index >= 15 is 0 Å². The summed E-state index contributed by atoms with van der Waals surface area (Å²) in [5, 5.41) is 0.0695. The van der Waals surface area contributed by atoms with E-state index in [2.05, 4.69) is 15.9 Å². The SMILES string of the molecule is O=C(/C(=C/c1ccc(Br)cc1)S(=O)(=O)c1ccccc1Cl)c1ccccc1. The fraction of sp³-hybridized carbons (Fsp3) is 0. The van der Waals surface area contributed by atoms with Gasteiger partial charge in [-0.05, 0) is 35.9 Å². The van der Waals surface area contributed by atoms with Gasteiger partial charge in [-0.3, -0.25) is 4.79 Å². The van der Waals surface area contributed by atoms with Crippen LogP contribution in [-0.2, 0) is 9.84 Å². The Bertz CT molecular complexity index is 1110. The van der Waals surface area contributed by atoms with E-state index in [1.54, 1.807) is 66.7 Å². The van der Waals surface area contributed by atoms with Crippen LogP contribution in [0.5, 0.6) is 0 Å². The zero-order valence-corrected chi connectivity index (χ0v) is 17.1. The van der Waals surface area contributed by atoms with E-state index in [0.29, 0.717) is 5.56 Å². The molecule has 0 heterocycles. The first kappa shape index (κ1) is 19.5. The smallest absolute Gasteiger partial charge is 0.211 e. The highest BCUT2D eigenvalue weighted by atomic mass is 79.9. The summed E-state index contributed by atoms with van der Waals surface area (Å²) >= 11 is 9.44. The fourth-order valence-corrected chi connectivity index (χ4v) is 4.67. The molecule has 0 fully saturated rings. The van der Waals surface area contributed by atoms with Crippen molar-refractivity contribution in [1.29, 1.82) is 0 Å². The Kier molecular flexibility index (Phi) is 5.95. The summed E-state index contributed by atoms with van der Waals surface area (Å²) in [6, 6.07) is 21.4. The first-order valence-corrected chi connectivity index (χ1v) is 10.6. The van der Waals surface area contributed by atoms with E-state index in [0.717, 1.165) is 4.47 Å². The Balaban J connectivity index is 2.20. The van der Waals surface area contributed by atoms with Gasteiger partial charge in [-0.1, -0.05) is 82.1 Å². The van der Waals surface area contributed by atoms with Crippen LogP contribution < -0.4 is 0 Å². The number of hydrogen-bond acceptors (Lipinski definition) is 3. The van der Waals surface area contributed by atoms with Crippen LogP contribution >= 0.6 is 27.5 Å². The number of benzene rings is 3. The van der Waals surface area contributed by atoms with Crippen LogP contribution in [0.3, 0.4) is 0 Å². The van der Waals surface area contributed by atoms with Crippen molar-refractivity contribution in [2.24, 2.45) is 0 Å². The zero-order valence-electron chi connectivity index (χ0n) is 14.0. The van der Waals surface area contributed by atoms with Gasteiger partial charge in [-0.25, -0.2) is 8.42 Å². The molecule has 3 rings (SSSR count). The van der Waals surface area contributed by atoms with Gasteiger partial charge in [0.2, 0.25) is 15.6 Å². The van der Waals surface area contributed by atoms with Crippen molar-refractivity contribution in [1.82, 2.24) is 0 Å². The van der Waals surface area contributed by atoms with Crippen LogP contribution in [0.15, 0.2) is 93.1 Å². The molecule has 0 aromatic heterocycles. The fourth-order valence-electron chi connectivity index (χ4n) is 2.49. The third-order valence-electron chi connectivity index (χ3n) is 3.84. The summed E-state index contributed by atoms with van der Waals surface area (Å²) in [7, 11) is -4.12. The molecule has 3 aromatic rings. The van der Waals surface area contributed by atoms with E-state index in [9.17, 15) is 13.2 Å². The van der Waals surface area contributed by atoms with E-state index in [1.807, 2.05) is 0 Å². The molecule has 27 heavy (non-hydrogen) atoms. The summed E-state index contributed by atoms with van der Waals surface area (Å²) in [5.74, 6) is -0.585. The maximum Gasteiger partial charge on any atom is 0.211 e. The maximum absolute atomic E-state index is 13.3. The van der Waals surface area contributed by atoms with Gasteiger partial charge in [-0.2, -0.15) is 0 Å². The lowest BCUT2D eigenvalue weighted by Gasteiger charge is -2.11. The predicted molar refractivity (Wildman–Crippen MR) is 112 cm³/mol. The summed E-state index contributed by atoms with van der Waals surface area (Å²) in [6.45, 7) is 0. The standard InChI is InChI=1S/C21H14BrClO3S/c22-17-12-10-15(11-13-17)14-20(21(24)16-6-2-1-3-7-16)27(25,26)19-9-5-4-8-18(19)23/h1-14H/b20-14-. The highest BCUT2D eigenvalue weighted by Crippen LogP contribution is 2.30. The number of hydrogen-bond donors (Lipinski definition) is 0. The monoisotopic (exact) mass is 460 g/mol. The Morgan fingerprint density at radius 3 is 2.07 bits per heavy atom. The molecule has 0 atom stereocenters. The van der Waals surface area contributed by atoms with Crippen molar-refractivity contribution >= 4 is 49.2 Å². The quantitative estimate of drug-likeness (QED) is 0.356. The lowest BCUT2D eigenvalue weighted by atomic mass is 10.1. The second kappa shape index (κ2) is 8.21. The molecule has 0 saturated carbocycles. The number of Topliss-reactive ketones (excluding diaryl/α,β-unsaturated/α-hetero) is 1. The highest BCUT2D eigenvalue weighted by Gasteiger charge is 2.29. The summed E-state index contributed by atoms with van der Waals surface area (Å²) in [5.41, 5.74) is 0.879. The van der Waals surface area contributed by atoms with Crippen molar-refractivity contribution in [2.45, 2.75) is 4.90 Å². The molecule has 0 bridgehead atoms. The summed E-state index contributed by atoms with van der Waals surface area (Å²) < 4.78 is 27.4. The van der Waals surface area contributed by atoms with Crippen molar-refractivity contribution in [3.8, 4) is 0 Å². The van der Waals surface area contributed by atoms with Crippen LogP contribution in [-0.4, -0.2) is 14.2 Å². The van der Waals surface area contributed by atoms with Crippen molar-refractivity contribution in [2.75, 3.05) is 0 Å². The number of carbonyl (C=O) groups is 1.